The number of alkyl halides is 2. The third-order valence-corrected chi connectivity index (χ3v) is 7.71. The SMILES string of the molecule is CNC(=O)c1ccc(NCC#Cc2cc3c(n2CC(F)(F)P)=CCCC=3N(C)C2CCC(N)CC2)c(OC)c1. The molecule has 2 aliphatic carbocycles. The van der Waals surface area contributed by atoms with Crippen molar-refractivity contribution in [2.24, 2.45) is 5.73 Å². The van der Waals surface area contributed by atoms with Gasteiger partial charge >= 0.3 is 0 Å². The van der Waals surface area contributed by atoms with Gasteiger partial charge in [0, 0.05) is 48.0 Å². The van der Waals surface area contributed by atoms with Crippen LogP contribution in [-0.2, 0) is 6.54 Å². The summed E-state index contributed by atoms with van der Waals surface area (Å²) in [6, 6.07) is 7.73. The summed E-state index contributed by atoms with van der Waals surface area (Å²) in [6.07, 6.45) is 7.80. The van der Waals surface area contributed by atoms with E-state index in [-0.39, 0.29) is 18.5 Å². The number of halogens is 2. The van der Waals surface area contributed by atoms with Crippen molar-refractivity contribution < 1.29 is 18.3 Å². The fourth-order valence-electron chi connectivity index (χ4n) is 5.45. The number of nitrogens with one attached hydrogen (secondary N) is 2. The molecule has 0 radical (unpaired) electrons. The molecular formula is C29H38F2N5O2P. The van der Waals surface area contributed by atoms with Crippen LogP contribution in [0.15, 0.2) is 24.3 Å². The van der Waals surface area contributed by atoms with E-state index in [1.807, 2.05) is 12.1 Å². The standard InChI is InChI=1S/C29H38F2N5O2P/c1-33-28(37)19-9-14-24(27(16-19)38-3)34-15-5-6-22-17-23-25(35(2)21-12-10-20(32)11-13-21)7-4-8-26(23)36(22)18-29(30,31)39/h8-9,14,16-17,20-21,34H,4,7,10-13,15,18,32,39H2,1-3H3,(H,33,37). The molecule has 4 rings (SSSR count). The zero-order valence-corrected chi connectivity index (χ0v) is 24.0. The fraction of sp³-hybridized carbons (Fsp3) is 0.483. The minimum Gasteiger partial charge on any atom is -0.495 e. The smallest absolute Gasteiger partial charge is 0.276 e. The van der Waals surface area contributed by atoms with Gasteiger partial charge in [0.1, 0.15) is 5.75 Å². The van der Waals surface area contributed by atoms with Gasteiger partial charge in [-0.1, -0.05) is 21.2 Å². The Morgan fingerprint density at radius 3 is 2.69 bits per heavy atom. The van der Waals surface area contributed by atoms with Crippen molar-refractivity contribution in [1.29, 1.82) is 0 Å². The number of nitrogens with zero attached hydrogens (tertiary/aromatic N) is 2. The highest BCUT2D eigenvalue weighted by Crippen LogP contribution is 2.28. The largest absolute Gasteiger partial charge is 0.495 e. The topological polar surface area (TPSA) is 84.6 Å². The maximum absolute atomic E-state index is 14.2. The summed E-state index contributed by atoms with van der Waals surface area (Å²) in [6.45, 7) is -0.198. The first kappa shape index (κ1) is 28.9. The Balaban J connectivity index is 1.62. The summed E-state index contributed by atoms with van der Waals surface area (Å²) in [5.74, 6) is 6.50. The van der Waals surface area contributed by atoms with Crippen LogP contribution < -0.4 is 31.7 Å². The van der Waals surface area contributed by atoms with Gasteiger partial charge in [-0.15, -0.1) is 0 Å². The zero-order valence-electron chi connectivity index (χ0n) is 22.8. The number of carbonyl (C=O) groups is 1. The number of carbonyl (C=O) groups excluding carboxylic acids is 1. The van der Waals surface area contributed by atoms with E-state index in [9.17, 15) is 13.6 Å². The highest BCUT2D eigenvalue weighted by molar-refractivity contribution is 7.18. The summed E-state index contributed by atoms with van der Waals surface area (Å²) in [4.78, 5) is 14.3. The fourth-order valence-corrected chi connectivity index (χ4v) is 5.64. The van der Waals surface area contributed by atoms with Gasteiger partial charge in [0.05, 0.1) is 31.6 Å². The van der Waals surface area contributed by atoms with E-state index in [0.717, 1.165) is 49.1 Å². The van der Waals surface area contributed by atoms with Crippen molar-refractivity contribution in [2.45, 2.75) is 62.8 Å². The molecule has 1 atom stereocenters. The van der Waals surface area contributed by atoms with E-state index >= 15 is 0 Å². The number of methoxy groups -OCH3 is 1. The molecule has 210 valence electrons. The van der Waals surface area contributed by atoms with Gasteiger partial charge in [-0.05, 0) is 68.7 Å². The predicted molar refractivity (Wildman–Crippen MR) is 155 cm³/mol. The monoisotopic (exact) mass is 557 g/mol. The number of hydrogen-bond donors (Lipinski definition) is 3. The number of benzene rings is 1. The molecule has 7 nitrogen and oxygen atoms in total. The van der Waals surface area contributed by atoms with Crippen molar-refractivity contribution in [1.82, 2.24) is 14.8 Å². The molecule has 0 spiro atoms. The van der Waals surface area contributed by atoms with Crippen LogP contribution in [0.25, 0.3) is 11.8 Å². The van der Waals surface area contributed by atoms with Crippen LogP contribution >= 0.6 is 9.24 Å². The number of nitrogens with two attached hydrogens (primary N) is 1. The molecule has 1 aromatic heterocycles. The van der Waals surface area contributed by atoms with Gasteiger partial charge in [-0.3, -0.25) is 4.79 Å². The minimum atomic E-state index is -2.96. The molecule has 4 N–H and O–H groups in total. The molecule has 39 heavy (non-hydrogen) atoms. The number of aromatic nitrogens is 1. The first-order valence-corrected chi connectivity index (χ1v) is 13.9. The van der Waals surface area contributed by atoms with E-state index in [4.69, 9.17) is 10.5 Å². The molecule has 1 saturated carbocycles. The van der Waals surface area contributed by atoms with E-state index in [1.165, 1.54) is 12.8 Å². The molecule has 1 aromatic carbocycles. The third kappa shape index (κ3) is 6.93. The second-order valence-corrected chi connectivity index (χ2v) is 11.0. The van der Waals surface area contributed by atoms with Crippen molar-refractivity contribution in [3.63, 3.8) is 0 Å². The van der Waals surface area contributed by atoms with E-state index < -0.39 is 12.2 Å². The minimum absolute atomic E-state index is 0.207. The Morgan fingerprint density at radius 1 is 1.28 bits per heavy atom. The number of amides is 1. The van der Waals surface area contributed by atoms with Crippen LogP contribution in [0.5, 0.6) is 5.75 Å². The Morgan fingerprint density at radius 2 is 2.03 bits per heavy atom. The van der Waals surface area contributed by atoms with Crippen LogP contribution in [0.2, 0.25) is 0 Å². The quantitative estimate of drug-likeness (QED) is 0.344. The number of fused-ring (bicyclic) bond motifs is 1. The van der Waals surface area contributed by atoms with E-state index in [2.05, 4.69) is 34.4 Å². The van der Waals surface area contributed by atoms with Gasteiger partial charge in [0.15, 0.2) is 0 Å². The maximum atomic E-state index is 14.2. The zero-order chi connectivity index (χ0) is 28.2. The Hall–Kier alpha value is -3.08. The lowest BCUT2D eigenvalue weighted by molar-refractivity contribution is 0.0828. The predicted octanol–water partition coefficient (Wildman–Crippen LogP) is 2.67. The molecule has 2 aromatic rings. The van der Waals surface area contributed by atoms with Gasteiger partial charge in [-0.25, -0.2) is 8.78 Å². The van der Waals surface area contributed by atoms with Gasteiger partial charge in [0.2, 0.25) is 0 Å². The number of anilines is 1. The Kier molecular flexibility index (Phi) is 9.19. The normalized spacial score (nSPS) is 18.8. The second-order valence-electron chi connectivity index (χ2n) is 10.2. The number of hydrogen-bond acceptors (Lipinski definition) is 5. The van der Waals surface area contributed by atoms with Crippen LogP contribution in [0.3, 0.4) is 0 Å². The Bertz CT molecular complexity index is 1380. The van der Waals surface area contributed by atoms with Gasteiger partial charge in [-0.2, -0.15) is 0 Å². The van der Waals surface area contributed by atoms with Crippen LogP contribution in [0.4, 0.5) is 14.5 Å². The number of rotatable bonds is 8. The molecule has 1 amide bonds. The average Bonchev–Trinajstić information content (AvgIpc) is 3.26. The second kappa shape index (κ2) is 12.4. The molecule has 2 aliphatic rings. The van der Waals surface area contributed by atoms with Crippen molar-refractivity contribution >= 4 is 32.6 Å². The molecule has 0 saturated heterocycles. The summed E-state index contributed by atoms with van der Waals surface area (Å²) in [5.41, 5.74) is 6.06. The summed E-state index contributed by atoms with van der Waals surface area (Å²) in [7, 11) is 6.86. The summed E-state index contributed by atoms with van der Waals surface area (Å²) >= 11 is 0. The lowest BCUT2D eigenvalue weighted by Gasteiger charge is -2.37. The van der Waals surface area contributed by atoms with Crippen molar-refractivity contribution in [3.8, 4) is 17.6 Å². The highest BCUT2D eigenvalue weighted by Gasteiger charge is 2.27. The van der Waals surface area contributed by atoms with Crippen LogP contribution in [-0.4, -0.2) is 60.9 Å². The third-order valence-electron chi connectivity index (χ3n) is 7.53. The van der Waals surface area contributed by atoms with Gasteiger partial charge < -0.3 is 30.6 Å². The number of ether oxygens (including phenoxy) is 1. The first-order chi connectivity index (χ1) is 18.6. The van der Waals surface area contributed by atoms with Crippen LogP contribution in [0, 0.1) is 11.8 Å². The summed E-state index contributed by atoms with van der Waals surface area (Å²) < 4.78 is 35.5. The lowest BCUT2D eigenvalue weighted by Crippen LogP contribution is -2.43. The lowest BCUT2D eigenvalue weighted by atomic mass is 9.90. The molecule has 10 heteroatoms. The first-order valence-electron chi connectivity index (χ1n) is 13.3. The van der Waals surface area contributed by atoms with Crippen molar-refractivity contribution in [3.05, 3.63) is 46.1 Å². The average molecular weight is 558 g/mol. The maximum Gasteiger partial charge on any atom is 0.276 e. The molecular weight excluding hydrogens is 519 g/mol. The molecule has 1 unspecified atom stereocenters. The molecule has 0 bridgehead atoms. The van der Waals surface area contributed by atoms with E-state index in [0.29, 0.717) is 28.7 Å². The van der Waals surface area contributed by atoms with Crippen molar-refractivity contribution in [2.75, 3.05) is 33.1 Å². The Labute approximate surface area is 231 Å². The van der Waals surface area contributed by atoms with Crippen LogP contribution in [0.1, 0.15) is 54.6 Å². The molecule has 0 aliphatic heterocycles. The molecule has 1 heterocycles. The van der Waals surface area contributed by atoms with Gasteiger partial charge in [0.25, 0.3) is 11.6 Å². The van der Waals surface area contributed by atoms with E-state index in [1.54, 1.807) is 39.1 Å². The highest BCUT2D eigenvalue weighted by atomic mass is 31.0. The summed E-state index contributed by atoms with van der Waals surface area (Å²) in [5, 5.41) is 7.58. The molecule has 1 fully saturated rings.